The highest BCUT2D eigenvalue weighted by atomic mass is 35.5. The molecular formula is C25H18ClN7O2. The molecule has 172 valence electrons. The van der Waals surface area contributed by atoms with Crippen molar-refractivity contribution in [2.75, 3.05) is 5.32 Å². The predicted molar refractivity (Wildman–Crippen MR) is 131 cm³/mol. The number of hydrogen-bond acceptors (Lipinski definition) is 7. The Kier molecular flexibility index (Phi) is 5.30. The number of carbonyl (C=O) groups is 1. The molecule has 3 heterocycles. The molecule has 0 aliphatic heterocycles. The Hall–Kier alpha value is -4.55. The fourth-order valence-electron chi connectivity index (χ4n) is 4.09. The third-order valence-electron chi connectivity index (χ3n) is 5.62. The lowest BCUT2D eigenvalue weighted by Crippen LogP contribution is -2.27. The lowest BCUT2D eigenvalue weighted by molar-refractivity contribution is 0.0691. The number of hydrogen-bond donors (Lipinski definition) is 2. The minimum absolute atomic E-state index is 0.141. The molecule has 0 radical (unpaired) electrons. The van der Waals surface area contributed by atoms with Crippen LogP contribution < -0.4 is 5.32 Å². The quantitative estimate of drug-likeness (QED) is 0.271. The fourth-order valence-corrected chi connectivity index (χ4v) is 4.34. The highest BCUT2D eigenvalue weighted by Crippen LogP contribution is 2.38. The van der Waals surface area contributed by atoms with Crippen molar-refractivity contribution in [2.24, 2.45) is 0 Å². The molecule has 1 atom stereocenters. The van der Waals surface area contributed by atoms with Gasteiger partial charge in [-0.3, -0.25) is 4.40 Å². The van der Waals surface area contributed by atoms with Crippen molar-refractivity contribution in [3.63, 3.8) is 0 Å². The smallest absolute Gasteiger partial charge is 0.356 e. The van der Waals surface area contributed by atoms with Gasteiger partial charge in [0.25, 0.3) is 0 Å². The summed E-state index contributed by atoms with van der Waals surface area (Å²) in [6.45, 7) is 3.66. The Balaban J connectivity index is 1.76. The summed E-state index contributed by atoms with van der Waals surface area (Å²) in [5.41, 5.74) is 4.03. The van der Waals surface area contributed by atoms with Gasteiger partial charge in [-0.1, -0.05) is 29.8 Å². The van der Waals surface area contributed by atoms with Crippen LogP contribution in [0.4, 0.5) is 5.69 Å². The number of halogens is 1. The Morgan fingerprint density at radius 1 is 1.23 bits per heavy atom. The molecule has 2 N–H and O–H groups in total. The summed E-state index contributed by atoms with van der Waals surface area (Å²) < 4.78 is 1.77. The number of nitrogens with one attached hydrogen (secondary N) is 1. The number of benzene rings is 2. The number of aryl methyl sites for hydroxylation is 1. The van der Waals surface area contributed by atoms with Crippen LogP contribution in [0, 0.1) is 18.3 Å². The summed E-state index contributed by atoms with van der Waals surface area (Å²) in [6, 6.07) is 16.3. The van der Waals surface area contributed by atoms with E-state index in [1.54, 1.807) is 48.0 Å². The van der Waals surface area contributed by atoms with Crippen LogP contribution in [-0.2, 0) is 5.00 Å². The summed E-state index contributed by atoms with van der Waals surface area (Å²) in [7, 11) is 0. The van der Waals surface area contributed by atoms with Gasteiger partial charge in [0.1, 0.15) is 17.1 Å². The molecule has 0 aliphatic rings. The van der Waals surface area contributed by atoms with Crippen LogP contribution in [0.1, 0.15) is 34.1 Å². The van der Waals surface area contributed by atoms with Gasteiger partial charge in [-0.15, -0.1) is 10.2 Å². The second kappa shape index (κ2) is 8.34. The predicted octanol–water partition coefficient (Wildman–Crippen LogP) is 4.74. The first kappa shape index (κ1) is 22.3. The lowest BCUT2D eigenvalue weighted by Gasteiger charge is -2.27. The molecule has 0 spiro atoms. The topological polar surface area (TPSA) is 129 Å². The molecule has 9 nitrogen and oxygen atoms in total. The number of pyridine rings is 1. The van der Waals surface area contributed by atoms with Gasteiger partial charge < -0.3 is 10.4 Å². The van der Waals surface area contributed by atoms with Gasteiger partial charge in [0.2, 0.25) is 0 Å². The number of carboxylic acids is 1. The van der Waals surface area contributed by atoms with Gasteiger partial charge in [-0.25, -0.2) is 14.8 Å². The van der Waals surface area contributed by atoms with E-state index in [9.17, 15) is 15.2 Å². The number of anilines is 1. The molecule has 5 rings (SSSR count). The first-order chi connectivity index (χ1) is 16.8. The van der Waals surface area contributed by atoms with Crippen LogP contribution >= 0.6 is 11.6 Å². The highest BCUT2D eigenvalue weighted by Gasteiger charge is 2.30. The molecule has 2 aromatic carbocycles. The molecular weight excluding hydrogens is 466 g/mol. The van der Waals surface area contributed by atoms with Crippen LogP contribution in [0.3, 0.4) is 0 Å². The molecule has 0 bridgehead atoms. The first-order valence-corrected chi connectivity index (χ1v) is 11.0. The van der Waals surface area contributed by atoms with Crippen LogP contribution in [0.2, 0.25) is 0 Å². The molecule has 10 heteroatoms. The standard InChI is InChI=1S/C25H18ClN7O2/c1-14-9-17-20(18(10-14)25(2,26)31-19-7-4-8-28-21(19)24(34)35)30-22(33-13-29-32-23(17)33)16-6-3-5-15(11-16)12-27/h3-11,13,31H,1-2H3,(H,34,35). The average molecular weight is 484 g/mol. The molecule has 0 saturated carbocycles. The molecule has 0 aliphatic carbocycles. The third kappa shape index (κ3) is 3.90. The normalized spacial score (nSPS) is 12.9. The molecule has 1 unspecified atom stereocenters. The minimum Gasteiger partial charge on any atom is -0.476 e. The summed E-state index contributed by atoms with van der Waals surface area (Å²) in [6.07, 6.45) is 2.98. The SMILES string of the molecule is Cc1cc(C(C)(Cl)Nc2cccnc2C(=O)O)c2nc(-c3cccc(C#N)c3)n3cnnc3c2c1. The lowest BCUT2D eigenvalue weighted by atomic mass is 9.99. The average Bonchev–Trinajstić information content (AvgIpc) is 3.33. The van der Waals surface area contributed by atoms with E-state index < -0.39 is 11.0 Å². The van der Waals surface area contributed by atoms with Crippen molar-refractivity contribution in [1.29, 1.82) is 5.26 Å². The van der Waals surface area contributed by atoms with E-state index in [-0.39, 0.29) is 11.4 Å². The zero-order valence-corrected chi connectivity index (χ0v) is 19.4. The second-order valence-corrected chi connectivity index (χ2v) is 8.95. The maximum Gasteiger partial charge on any atom is 0.356 e. The van der Waals surface area contributed by atoms with Crippen molar-refractivity contribution in [1.82, 2.24) is 24.6 Å². The van der Waals surface area contributed by atoms with Crippen molar-refractivity contribution in [3.05, 3.63) is 83.4 Å². The number of nitrogens with zero attached hydrogens (tertiary/aromatic N) is 6. The number of rotatable bonds is 5. The summed E-state index contributed by atoms with van der Waals surface area (Å²) in [5, 5.41) is 31.2. The van der Waals surface area contributed by atoms with E-state index in [0.717, 1.165) is 10.9 Å². The van der Waals surface area contributed by atoms with Gasteiger partial charge >= 0.3 is 5.97 Å². The third-order valence-corrected chi connectivity index (χ3v) is 5.92. The minimum atomic E-state index is -1.26. The van der Waals surface area contributed by atoms with Gasteiger partial charge in [0.05, 0.1) is 22.8 Å². The monoisotopic (exact) mass is 483 g/mol. The number of alkyl halides is 1. The van der Waals surface area contributed by atoms with Crippen LogP contribution in [0.25, 0.3) is 27.9 Å². The molecule has 3 aromatic heterocycles. The Labute approximate surface area is 204 Å². The largest absolute Gasteiger partial charge is 0.476 e. The summed E-state index contributed by atoms with van der Waals surface area (Å²) >= 11 is 7.04. The van der Waals surface area contributed by atoms with Crippen molar-refractivity contribution in [2.45, 2.75) is 18.8 Å². The van der Waals surface area contributed by atoms with E-state index in [1.165, 1.54) is 6.20 Å². The number of carboxylic acid groups (broad SMARTS) is 1. The summed E-state index contributed by atoms with van der Waals surface area (Å²) in [4.78, 5) is 19.3. The van der Waals surface area contributed by atoms with E-state index in [0.29, 0.717) is 33.7 Å². The number of aromatic nitrogens is 5. The van der Waals surface area contributed by atoms with Gasteiger partial charge in [0, 0.05) is 22.7 Å². The number of nitriles is 1. The van der Waals surface area contributed by atoms with Gasteiger partial charge in [-0.05, 0) is 49.7 Å². The second-order valence-electron chi connectivity index (χ2n) is 8.19. The van der Waals surface area contributed by atoms with Crippen LogP contribution in [-0.4, -0.2) is 35.6 Å². The zero-order valence-electron chi connectivity index (χ0n) is 18.7. The number of aromatic carboxylic acids is 1. The number of fused-ring (bicyclic) bond motifs is 3. The maximum absolute atomic E-state index is 11.7. The molecule has 35 heavy (non-hydrogen) atoms. The van der Waals surface area contributed by atoms with E-state index in [2.05, 4.69) is 26.6 Å². The van der Waals surface area contributed by atoms with Crippen molar-refractivity contribution >= 4 is 39.8 Å². The summed E-state index contributed by atoms with van der Waals surface area (Å²) in [5.74, 6) is -0.627. The van der Waals surface area contributed by atoms with Crippen molar-refractivity contribution in [3.8, 4) is 17.5 Å². The highest BCUT2D eigenvalue weighted by molar-refractivity contribution is 6.26. The zero-order chi connectivity index (χ0) is 24.7. The van der Waals surface area contributed by atoms with Gasteiger partial charge in [-0.2, -0.15) is 5.26 Å². The van der Waals surface area contributed by atoms with Crippen molar-refractivity contribution < 1.29 is 9.90 Å². The van der Waals surface area contributed by atoms with Crippen LogP contribution in [0.15, 0.2) is 61.1 Å². The van der Waals surface area contributed by atoms with Gasteiger partial charge in [0.15, 0.2) is 11.3 Å². The van der Waals surface area contributed by atoms with E-state index >= 15 is 0 Å². The van der Waals surface area contributed by atoms with Crippen LogP contribution in [0.5, 0.6) is 0 Å². The molecule has 0 amide bonds. The molecule has 5 aromatic rings. The Bertz CT molecular complexity index is 1670. The Morgan fingerprint density at radius 2 is 2.06 bits per heavy atom. The Morgan fingerprint density at radius 3 is 2.83 bits per heavy atom. The van der Waals surface area contributed by atoms with E-state index in [1.807, 2.05) is 25.1 Å². The fraction of sp³-hybridized carbons (Fsp3) is 0.120. The molecule has 0 saturated heterocycles. The van der Waals surface area contributed by atoms with E-state index in [4.69, 9.17) is 16.6 Å². The molecule has 0 fully saturated rings. The maximum atomic E-state index is 11.7. The first-order valence-electron chi connectivity index (χ1n) is 10.6.